The monoisotopic (exact) mass is 442 g/mol. The van der Waals surface area contributed by atoms with E-state index in [-0.39, 0.29) is 5.54 Å². The van der Waals surface area contributed by atoms with E-state index in [1.807, 2.05) is 0 Å². The van der Waals surface area contributed by atoms with Gasteiger partial charge < -0.3 is 11.5 Å². The SMILES string of the molecule is CN1Cc2cc(N)cc3c2C(CC(C2(C)c4cc(N)cc5c4[C@H](CCC5)CN2C)C3)C12CC2. The van der Waals surface area contributed by atoms with Crippen molar-refractivity contribution in [3.05, 3.63) is 57.6 Å². The molecule has 0 aromatic heterocycles. The molecular weight excluding hydrogens is 404 g/mol. The minimum absolute atomic E-state index is 0.00184. The fourth-order valence-electron chi connectivity index (χ4n) is 8.73. The van der Waals surface area contributed by atoms with Crippen LogP contribution in [-0.2, 0) is 24.9 Å². The van der Waals surface area contributed by atoms with Gasteiger partial charge in [0.1, 0.15) is 0 Å². The molecule has 0 saturated heterocycles. The Hall–Kier alpha value is -2.04. The smallest absolute Gasteiger partial charge is 0.0464 e. The van der Waals surface area contributed by atoms with Crippen LogP contribution in [0.5, 0.6) is 0 Å². The number of benzene rings is 2. The maximum absolute atomic E-state index is 6.53. The molecule has 1 fully saturated rings. The topological polar surface area (TPSA) is 58.5 Å². The van der Waals surface area contributed by atoms with E-state index in [4.69, 9.17) is 11.5 Å². The molecule has 5 aliphatic rings. The molecule has 0 bridgehead atoms. The Bertz CT molecular complexity index is 1160. The molecule has 1 spiro atoms. The van der Waals surface area contributed by atoms with E-state index < -0.39 is 0 Å². The Labute approximate surface area is 198 Å². The van der Waals surface area contributed by atoms with Gasteiger partial charge in [-0.25, -0.2) is 0 Å². The van der Waals surface area contributed by atoms with Gasteiger partial charge in [0.25, 0.3) is 0 Å². The zero-order valence-electron chi connectivity index (χ0n) is 20.5. The van der Waals surface area contributed by atoms with Gasteiger partial charge in [0.2, 0.25) is 0 Å². The second-order valence-corrected chi connectivity index (χ2v) is 12.2. The van der Waals surface area contributed by atoms with E-state index in [1.54, 1.807) is 11.1 Å². The van der Waals surface area contributed by atoms with E-state index in [2.05, 4.69) is 55.1 Å². The Kier molecular flexibility index (Phi) is 4.03. The lowest BCUT2D eigenvalue weighted by molar-refractivity contribution is 0.0218. The van der Waals surface area contributed by atoms with Gasteiger partial charge in [0, 0.05) is 41.5 Å². The normalized spacial score (nSPS) is 34.1. The number of aryl methyl sites for hydroxylation is 1. The number of nitrogens with two attached hydrogens (primary N) is 2. The first-order valence-electron chi connectivity index (χ1n) is 13.1. The average molecular weight is 443 g/mol. The van der Waals surface area contributed by atoms with Crippen LogP contribution in [0.1, 0.15) is 84.2 Å². The van der Waals surface area contributed by atoms with Crippen LogP contribution in [0.15, 0.2) is 24.3 Å². The van der Waals surface area contributed by atoms with E-state index in [1.165, 1.54) is 67.3 Å². The average Bonchev–Trinajstić information content (AvgIpc) is 3.57. The summed E-state index contributed by atoms with van der Waals surface area (Å²) >= 11 is 0. The molecule has 4 nitrogen and oxygen atoms in total. The summed E-state index contributed by atoms with van der Waals surface area (Å²) in [4.78, 5) is 5.35. The number of fused-ring (bicyclic) bond motifs is 1. The van der Waals surface area contributed by atoms with Crippen molar-refractivity contribution in [3.8, 4) is 0 Å². The third-order valence-electron chi connectivity index (χ3n) is 10.6. The minimum Gasteiger partial charge on any atom is -0.399 e. The van der Waals surface area contributed by atoms with Gasteiger partial charge in [-0.2, -0.15) is 0 Å². The third-order valence-corrected chi connectivity index (χ3v) is 10.6. The highest BCUT2D eigenvalue weighted by molar-refractivity contribution is 5.58. The molecule has 3 aliphatic carbocycles. The Morgan fingerprint density at radius 3 is 2.42 bits per heavy atom. The molecule has 1 saturated carbocycles. The summed E-state index contributed by atoms with van der Waals surface area (Å²) in [5.41, 5.74) is 24.6. The van der Waals surface area contributed by atoms with Crippen LogP contribution in [0.3, 0.4) is 0 Å². The van der Waals surface area contributed by atoms with Gasteiger partial charge >= 0.3 is 0 Å². The molecule has 4 N–H and O–H groups in total. The first-order valence-corrected chi connectivity index (χ1v) is 13.1. The fourth-order valence-corrected chi connectivity index (χ4v) is 8.73. The highest BCUT2D eigenvalue weighted by Gasteiger charge is 2.59. The second kappa shape index (κ2) is 6.55. The van der Waals surface area contributed by atoms with Crippen molar-refractivity contribution in [1.82, 2.24) is 9.80 Å². The number of rotatable bonds is 1. The van der Waals surface area contributed by atoms with Gasteiger partial charge in [-0.1, -0.05) is 0 Å². The molecule has 174 valence electrons. The van der Waals surface area contributed by atoms with E-state index in [0.29, 0.717) is 23.3 Å². The second-order valence-electron chi connectivity index (χ2n) is 12.2. The van der Waals surface area contributed by atoms with Gasteiger partial charge in [-0.15, -0.1) is 0 Å². The lowest BCUT2D eigenvalue weighted by Gasteiger charge is -2.56. The summed E-state index contributed by atoms with van der Waals surface area (Å²) in [5, 5.41) is 0. The van der Waals surface area contributed by atoms with Gasteiger partial charge in [-0.3, -0.25) is 9.80 Å². The van der Waals surface area contributed by atoms with Crippen LogP contribution in [0.2, 0.25) is 0 Å². The van der Waals surface area contributed by atoms with Crippen LogP contribution in [0.4, 0.5) is 11.4 Å². The maximum Gasteiger partial charge on any atom is 0.0464 e. The predicted molar refractivity (Wildman–Crippen MR) is 135 cm³/mol. The molecule has 7 rings (SSSR count). The maximum atomic E-state index is 6.53. The number of likely N-dealkylation sites (N-methyl/N-ethyl adjacent to an activating group) is 2. The first kappa shape index (κ1) is 20.3. The number of hydrogen-bond acceptors (Lipinski definition) is 4. The highest BCUT2D eigenvalue weighted by atomic mass is 15.2. The van der Waals surface area contributed by atoms with Crippen LogP contribution < -0.4 is 11.5 Å². The zero-order valence-corrected chi connectivity index (χ0v) is 20.5. The largest absolute Gasteiger partial charge is 0.399 e. The van der Waals surface area contributed by atoms with E-state index >= 15 is 0 Å². The van der Waals surface area contributed by atoms with Crippen LogP contribution in [0.25, 0.3) is 0 Å². The summed E-state index contributed by atoms with van der Waals surface area (Å²) in [6, 6.07) is 9.18. The molecule has 4 heteroatoms. The lowest BCUT2D eigenvalue weighted by Crippen LogP contribution is -2.56. The van der Waals surface area contributed by atoms with E-state index in [9.17, 15) is 0 Å². The molecule has 33 heavy (non-hydrogen) atoms. The summed E-state index contributed by atoms with van der Waals surface area (Å²) in [6.45, 7) is 4.75. The lowest BCUT2D eigenvalue weighted by atomic mass is 9.59. The number of anilines is 2. The third kappa shape index (κ3) is 2.60. The van der Waals surface area contributed by atoms with Crippen molar-refractivity contribution in [2.45, 2.75) is 81.3 Å². The molecule has 2 aliphatic heterocycles. The van der Waals surface area contributed by atoms with Gasteiger partial charge in [0.15, 0.2) is 0 Å². The first-order chi connectivity index (χ1) is 15.8. The molecule has 2 aromatic carbocycles. The van der Waals surface area contributed by atoms with Crippen molar-refractivity contribution in [2.75, 3.05) is 32.1 Å². The zero-order chi connectivity index (χ0) is 22.7. The van der Waals surface area contributed by atoms with Gasteiger partial charge in [0.05, 0.1) is 0 Å². The minimum atomic E-state index is 0.00184. The Balaban J connectivity index is 1.40. The molecule has 3 unspecified atom stereocenters. The summed E-state index contributed by atoms with van der Waals surface area (Å²) in [5.74, 6) is 1.85. The highest BCUT2D eigenvalue weighted by Crippen LogP contribution is 2.62. The van der Waals surface area contributed by atoms with Crippen LogP contribution in [-0.4, -0.2) is 36.0 Å². The summed E-state index contributed by atoms with van der Waals surface area (Å²) < 4.78 is 0. The van der Waals surface area contributed by atoms with Crippen LogP contribution in [0, 0.1) is 5.92 Å². The summed E-state index contributed by atoms with van der Waals surface area (Å²) in [6.07, 6.45) is 8.86. The number of hydrogen-bond donors (Lipinski definition) is 2. The number of nitrogen functional groups attached to an aromatic ring is 2. The molecular formula is C29H38N4. The summed E-state index contributed by atoms with van der Waals surface area (Å²) in [7, 11) is 4.72. The predicted octanol–water partition coefficient (Wildman–Crippen LogP) is 4.76. The van der Waals surface area contributed by atoms with Crippen molar-refractivity contribution in [2.24, 2.45) is 5.92 Å². The number of nitrogens with zero attached hydrogens (tertiary/aromatic N) is 2. The quantitative estimate of drug-likeness (QED) is 0.626. The molecule has 2 heterocycles. The van der Waals surface area contributed by atoms with Crippen molar-refractivity contribution in [1.29, 1.82) is 0 Å². The van der Waals surface area contributed by atoms with Crippen molar-refractivity contribution >= 4 is 11.4 Å². The molecule has 0 radical (unpaired) electrons. The molecule has 4 atom stereocenters. The molecule has 2 aromatic rings. The molecule has 0 amide bonds. The van der Waals surface area contributed by atoms with Crippen molar-refractivity contribution in [3.63, 3.8) is 0 Å². The standard InChI is InChI=1S/C29H38N4/c1-28(24-14-23(31)10-17-5-4-6-18(26(17)24)15-32(28)2)21-9-19-11-22(30)12-20-16-33(3)29(7-8-29)25(13-21)27(19)20/h10-12,14,18,21,25H,4-9,13,15-16,30-31H2,1-3H3/t18-,21?,25?,28?/m1/s1. The van der Waals surface area contributed by atoms with Crippen molar-refractivity contribution < 1.29 is 0 Å². The Morgan fingerprint density at radius 2 is 1.64 bits per heavy atom. The Morgan fingerprint density at radius 1 is 0.909 bits per heavy atom. The fraction of sp³-hybridized carbons (Fsp3) is 0.586. The van der Waals surface area contributed by atoms with Gasteiger partial charge in [-0.05, 0) is 135 Å². The van der Waals surface area contributed by atoms with E-state index in [0.717, 1.165) is 24.3 Å². The van der Waals surface area contributed by atoms with Crippen LogP contribution >= 0.6 is 0 Å².